The number of carbonyl (C=O) groups excluding carboxylic acids is 1. The molecule has 3 atom stereocenters. The molecule has 11 heteroatoms. The Morgan fingerprint density at radius 2 is 1.45 bits per heavy atom. The third-order valence-corrected chi connectivity index (χ3v) is 2.30. The fraction of sp³-hybridized carbons (Fsp3) is 0.727. The smallest absolute Gasteiger partial charge is 0.480 e. The summed E-state index contributed by atoms with van der Waals surface area (Å²) in [6.45, 7) is 4.72. The Bertz CT molecular complexity index is 398. The molecule has 0 radical (unpaired) electrons. The largest absolute Gasteiger partial charge is 0.490 e. The summed E-state index contributed by atoms with van der Waals surface area (Å²) in [6, 6.07) is -2.09. The average Bonchev–Trinajstić information content (AvgIpc) is 2.33. The molecule has 0 fully saturated rings. The Kier molecular flexibility index (Phi) is 9.37. The van der Waals surface area contributed by atoms with Crippen molar-refractivity contribution in [1.82, 2.24) is 5.32 Å². The van der Waals surface area contributed by atoms with E-state index in [0.717, 1.165) is 0 Å². The van der Waals surface area contributed by atoms with Crippen LogP contribution in [0.3, 0.4) is 0 Å². The quantitative estimate of drug-likeness (QED) is 0.457. The zero-order valence-corrected chi connectivity index (χ0v) is 12.1. The number of aliphatic carboxylic acids is 2. The van der Waals surface area contributed by atoms with Crippen LogP contribution in [0.15, 0.2) is 0 Å². The predicted octanol–water partition coefficient (Wildman–Crippen LogP) is -0.447. The van der Waals surface area contributed by atoms with Gasteiger partial charge in [-0.2, -0.15) is 13.2 Å². The molecular formula is C11H19F3N2O6. The lowest BCUT2D eigenvalue weighted by molar-refractivity contribution is -0.192. The normalized spacial score (nSPS) is 15.1. The van der Waals surface area contributed by atoms with Crippen LogP contribution in [0.25, 0.3) is 0 Å². The SMILES string of the molecule is CC(C)[C@H](NC(=O)[C@@H](N)[C@@H](C)O)C(=O)O.O=C(O)C(F)(F)F. The highest BCUT2D eigenvalue weighted by Crippen LogP contribution is 2.13. The number of halogens is 3. The molecule has 6 N–H and O–H groups in total. The number of hydrogen-bond acceptors (Lipinski definition) is 5. The van der Waals surface area contributed by atoms with E-state index in [-0.39, 0.29) is 5.92 Å². The van der Waals surface area contributed by atoms with Gasteiger partial charge in [0.25, 0.3) is 0 Å². The molecule has 130 valence electrons. The molecule has 0 unspecified atom stereocenters. The van der Waals surface area contributed by atoms with Crippen LogP contribution in [-0.2, 0) is 14.4 Å². The fourth-order valence-corrected chi connectivity index (χ4v) is 0.982. The first-order valence-corrected chi connectivity index (χ1v) is 5.98. The van der Waals surface area contributed by atoms with Crippen molar-refractivity contribution in [3.05, 3.63) is 0 Å². The van der Waals surface area contributed by atoms with E-state index in [0.29, 0.717) is 0 Å². The lowest BCUT2D eigenvalue weighted by Crippen LogP contribution is -2.53. The van der Waals surface area contributed by atoms with E-state index in [2.05, 4.69) is 5.32 Å². The van der Waals surface area contributed by atoms with Crippen LogP contribution >= 0.6 is 0 Å². The number of alkyl halides is 3. The minimum absolute atomic E-state index is 0.243. The van der Waals surface area contributed by atoms with Crippen LogP contribution < -0.4 is 11.1 Å². The van der Waals surface area contributed by atoms with Crippen molar-refractivity contribution >= 4 is 17.8 Å². The fourth-order valence-electron chi connectivity index (χ4n) is 0.982. The van der Waals surface area contributed by atoms with E-state index >= 15 is 0 Å². The van der Waals surface area contributed by atoms with Gasteiger partial charge in [0.15, 0.2) is 0 Å². The molecule has 0 aliphatic heterocycles. The number of nitrogens with two attached hydrogens (primary N) is 1. The van der Waals surface area contributed by atoms with Gasteiger partial charge in [0, 0.05) is 0 Å². The maximum Gasteiger partial charge on any atom is 0.490 e. The minimum Gasteiger partial charge on any atom is -0.480 e. The van der Waals surface area contributed by atoms with Gasteiger partial charge in [0.1, 0.15) is 12.1 Å². The summed E-state index contributed by atoms with van der Waals surface area (Å²) < 4.78 is 31.7. The lowest BCUT2D eigenvalue weighted by Gasteiger charge is -2.21. The highest BCUT2D eigenvalue weighted by Gasteiger charge is 2.38. The second kappa shape index (κ2) is 9.20. The highest BCUT2D eigenvalue weighted by molar-refractivity contribution is 5.87. The Balaban J connectivity index is 0. The van der Waals surface area contributed by atoms with Gasteiger partial charge >= 0.3 is 18.1 Å². The molecule has 22 heavy (non-hydrogen) atoms. The standard InChI is InChI=1S/C9H18N2O4.C2HF3O2/c1-4(2)7(9(14)15)11-8(13)6(10)5(3)12;3-2(4,5)1(6)7/h4-7,12H,10H2,1-3H3,(H,11,13)(H,14,15);(H,6,7)/t5-,6+,7+;/m1./s1. The van der Waals surface area contributed by atoms with Gasteiger partial charge in [-0.1, -0.05) is 13.8 Å². The maximum atomic E-state index is 11.3. The summed E-state index contributed by atoms with van der Waals surface area (Å²) in [5.41, 5.74) is 5.35. The summed E-state index contributed by atoms with van der Waals surface area (Å²) in [5, 5.41) is 27.2. The van der Waals surface area contributed by atoms with Gasteiger partial charge < -0.3 is 26.4 Å². The van der Waals surface area contributed by atoms with E-state index < -0.39 is 42.2 Å². The summed E-state index contributed by atoms with van der Waals surface area (Å²) in [4.78, 5) is 31.0. The molecule has 0 aromatic carbocycles. The topological polar surface area (TPSA) is 150 Å². The second-order valence-electron chi connectivity index (χ2n) is 4.64. The summed E-state index contributed by atoms with van der Waals surface area (Å²) in [6.07, 6.45) is -6.09. The number of nitrogens with one attached hydrogen (secondary N) is 1. The zero-order valence-electron chi connectivity index (χ0n) is 12.1. The summed E-state index contributed by atoms with van der Waals surface area (Å²) >= 11 is 0. The van der Waals surface area contributed by atoms with Gasteiger partial charge in [-0.15, -0.1) is 0 Å². The predicted molar refractivity (Wildman–Crippen MR) is 67.8 cm³/mol. The summed E-state index contributed by atoms with van der Waals surface area (Å²) in [7, 11) is 0. The molecule has 0 rings (SSSR count). The van der Waals surface area contributed by atoms with E-state index in [4.69, 9.17) is 25.8 Å². The van der Waals surface area contributed by atoms with Gasteiger partial charge in [-0.25, -0.2) is 9.59 Å². The number of hydrogen-bond donors (Lipinski definition) is 5. The molecule has 0 saturated heterocycles. The van der Waals surface area contributed by atoms with Gasteiger partial charge in [-0.3, -0.25) is 4.79 Å². The average molecular weight is 332 g/mol. The number of rotatable bonds is 5. The van der Waals surface area contributed by atoms with Gasteiger partial charge in [0.2, 0.25) is 5.91 Å². The lowest BCUT2D eigenvalue weighted by atomic mass is 10.0. The number of aliphatic hydroxyl groups excluding tert-OH is 1. The van der Waals surface area contributed by atoms with E-state index in [9.17, 15) is 22.8 Å². The van der Waals surface area contributed by atoms with E-state index in [1.165, 1.54) is 6.92 Å². The second-order valence-corrected chi connectivity index (χ2v) is 4.64. The number of carboxylic acid groups (broad SMARTS) is 2. The summed E-state index contributed by atoms with van der Waals surface area (Å²) in [5.74, 6) is -4.78. The van der Waals surface area contributed by atoms with Crippen molar-refractivity contribution in [2.75, 3.05) is 0 Å². The van der Waals surface area contributed by atoms with Crippen LogP contribution in [0.2, 0.25) is 0 Å². The van der Waals surface area contributed by atoms with E-state index in [1.54, 1.807) is 13.8 Å². The molecular weight excluding hydrogens is 313 g/mol. The van der Waals surface area contributed by atoms with Crippen molar-refractivity contribution in [2.24, 2.45) is 11.7 Å². The molecule has 1 amide bonds. The molecule has 0 heterocycles. The van der Waals surface area contributed by atoms with Crippen molar-refractivity contribution in [3.63, 3.8) is 0 Å². The molecule has 8 nitrogen and oxygen atoms in total. The first-order chi connectivity index (χ1) is 9.71. The Morgan fingerprint density at radius 3 is 1.64 bits per heavy atom. The van der Waals surface area contributed by atoms with Crippen molar-refractivity contribution < 1.29 is 42.9 Å². The molecule has 0 aliphatic carbocycles. The molecule has 0 aromatic rings. The van der Waals surface area contributed by atoms with Crippen molar-refractivity contribution in [1.29, 1.82) is 0 Å². The Labute approximate surface area is 124 Å². The molecule has 0 spiro atoms. The third-order valence-electron chi connectivity index (χ3n) is 2.30. The van der Waals surface area contributed by atoms with Crippen molar-refractivity contribution in [2.45, 2.75) is 45.1 Å². The van der Waals surface area contributed by atoms with Crippen LogP contribution in [0.4, 0.5) is 13.2 Å². The Hall–Kier alpha value is -1.88. The van der Waals surface area contributed by atoms with Crippen LogP contribution in [0, 0.1) is 5.92 Å². The van der Waals surface area contributed by atoms with Gasteiger partial charge in [0.05, 0.1) is 6.10 Å². The van der Waals surface area contributed by atoms with Crippen molar-refractivity contribution in [3.8, 4) is 0 Å². The molecule has 0 saturated carbocycles. The monoisotopic (exact) mass is 332 g/mol. The maximum absolute atomic E-state index is 11.3. The van der Waals surface area contributed by atoms with Crippen LogP contribution in [0.5, 0.6) is 0 Å². The highest BCUT2D eigenvalue weighted by atomic mass is 19.4. The van der Waals surface area contributed by atoms with Crippen LogP contribution in [0.1, 0.15) is 20.8 Å². The number of amides is 1. The van der Waals surface area contributed by atoms with E-state index in [1.807, 2.05) is 0 Å². The zero-order chi connectivity index (χ0) is 18.2. The Morgan fingerprint density at radius 1 is 1.09 bits per heavy atom. The number of aliphatic hydroxyl groups is 1. The van der Waals surface area contributed by atoms with Crippen LogP contribution in [-0.4, -0.2) is 57.5 Å². The third kappa shape index (κ3) is 9.13. The minimum atomic E-state index is -5.08. The first kappa shape index (κ1) is 22.4. The van der Waals surface area contributed by atoms with Gasteiger partial charge in [-0.05, 0) is 12.8 Å². The molecule has 0 aliphatic rings. The first-order valence-electron chi connectivity index (χ1n) is 5.98. The molecule has 0 aromatic heterocycles. The number of carbonyl (C=O) groups is 3. The number of carboxylic acids is 2. The molecule has 0 bridgehead atoms.